The number of hydrogen-bond acceptors (Lipinski definition) is 21. The smallest absolute Gasteiger partial charge is 0.345 e. The number of hydrogen-bond donors (Lipinski definition) is 0. The van der Waals surface area contributed by atoms with E-state index >= 15 is 0 Å². The average molecular weight is 1570 g/mol. The third kappa shape index (κ3) is 14.1. The van der Waals surface area contributed by atoms with Crippen molar-refractivity contribution >= 4 is 88.0 Å². The van der Waals surface area contributed by atoms with E-state index in [2.05, 4.69) is 33.6 Å². The summed E-state index contributed by atoms with van der Waals surface area (Å²) in [6, 6.07) is 24.4. The minimum Gasteiger partial charge on any atom is -0.490 e. The number of methoxy groups -OCH3 is 3. The van der Waals surface area contributed by atoms with Gasteiger partial charge in [-0.15, -0.1) is 0 Å². The average Bonchev–Trinajstić information content (AvgIpc) is 0.759. The third-order valence-electron chi connectivity index (χ3n) is 25.7. The lowest BCUT2D eigenvalue weighted by Crippen LogP contribution is -2.60. The van der Waals surface area contributed by atoms with Crippen molar-refractivity contribution in [2.75, 3.05) is 21.3 Å². The van der Waals surface area contributed by atoms with Crippen molar-refractivity contribution in [1.82, 2.24) is 0 Å². The standard InChI is InChI=1S/3C29H29ClO7/c1-16-20-9-11-28(2)21(27(33)34-4)13-22(37-26(32)17-5-7-19(30)8-6-17)24(31)25(28)29(20,3)14-23(36-16)18-10-12-35-15-18;1-16-20-8-10-28(2)21(27(33)34-4)13-22(37-26(32)17-6-5-7-19(30)12-17)24(31)25(28)29(20,3)14-23(36-16)18-9-11-35-15-18;1-16-19-9-11-28(2)20(27(33)34-4)13-22(37-26(32)18-7-5-6-8-21(18)30)24(31)25(28)29(19,3)14-23(36-16)17-10-12-35-15-17/h5-8,10,12-13,15,20-21,23,25H,1,9,11,14H2,2-4H3;5-7,9,11-13,15,20-21,23,25H,1,8,10,14H2,2-4H3;5-8,10,12-13,15,19-20,23,25H,1,9,11,14H2,2-4H3/t2*20-,21-,23-,25-,28-,29-;19-,20-,23-,25-,28-,29-/m000/s1. The van der Waals surface area contributed by atoms with E-state index in [1.165, 1.54) is 63.8 Å². The summed E-state index contributed by atoms with van der Waals surface area (Å²) >= 11 is 18.2. The zero-order valence-electron chi connectivity index (χ0n) is 63.0. The second-order valence-electron chi connectivity index (χ2n) is 32.0. The number of ether oxygens (including phenoxy) is 9. The summed E-state index contributed by atoms with van der Waals surface area (Å²) in [6.07, 6.45) is 18.3. The summed E-state index contributed by atoms with van der Waals surface area (Å²) in [5.74, 6) is -7.80. The van der Waals surface area contributed by atoms with Gasteiger partial charge < -0.3 is 55.9 Å². The number of Topliss-reactive ketones (excluding diaryl/α,β-unsaturated/α-hetero) is 3. The van der Waals surface area contributed by atoms with Gasteiger partial charge in [0.05, 0.1) is 116 Å². The largest absolute Gasteiger partial charge is 0.490 e. The van der Waals surface area contributed by atoms with Gasteiger partial charge in [0.2, 0.25) is 17.3 Å². The Bertz CT molecular complexity index is 4820. The van der Waals surface area contributed by atoms with Gasteiger partial charge >= 0.3 is 35.8 Å². The van der Waals surface area contributed by atoms with Crippen LogP contribution in [0.1, 0.15) is 165 Å². The molecule has 582 valence electrons. The van der Waals surface area contributed by atoms with Gasteiger partial charge in [0.1, 0.15) is 18.3 Å². The monoisotopic (exact) mass is 1570 g/mol. The van der Waals surface area contributed by atoms with Gasteiger partial charge in [-0.2, -0.15) is 0 Å². The van der Waals surface area contributed by atoms with Gasteiger partial charge in [0.25, 0.3) is 0 Å². The van der Waals surface area contributed by atoms with Gasteiger partial charge in [0.15, 0.2) is 17.3 Å². The zero-order chi connectivity index (χ0) is 79.6. The number of esters is 6. The quantitative estimate of drug-likeness (QED) is 0.0813. The Balaban J connectivity index is 0.000000146. The molecule has 0 unspecified atom stereocenters. The van der Waals surface area contributed by atoms with E-state index in [1.54, 1.807) is 86.1 Å². The lowest BCUT2D eigenvalue weighted by atomic mass is 9.44. The Morgan fingerprint density at radius 1 is 0.414 bits per heavy atom. The number of ketones is 3. The molecule has 3 saturated heterocycles. The van der Waals surface area contributed by atoms with E-state index in [0.29, 0.717) is 85.1 Å². The summed E-state index contributed by atoms with van der Waals surface area (Å²) in [6.45, 7) is 24.6. The minimum atomic E-state index is -0.782. The van der Waals surface area contributed by atoms with Crippen LogP contribution in [0.3, 0.4) is 0 Å². The van der Waals surface area contributed by atoms with Crippen LogP contribution in [-0.4, -0.2) is 74.5 Å². The van der Waals surface area contributed by atoms with Crippen molar-refractivity contribution in [1.29, 1.82) is 0 Å². The Morgan fingerprint density at radius 2 is 0.766 bits per heavy atom. The van der Waals surface area contributed by atoms with Gasteiger partial charge in [0, 0.05) is 62.2 Å². The van der Waals surface area contributed by atoms with Crippen LogP contribution in [0.5, 0.6) is 0 Å². The van der Waals surface area contributed by atoms with Gasteiger partial charge in [-0.3, -0.25) is 28.8 Å². The molecule has 3 saturated carbocycles. The molecule has 0 bridgehead atoms. The fourth-order valence-electron chi connectivity index (χ4n) is 20.5. The van der Waals surface area contributed by atoms with E-state index in [0.717, 1.165) is 16.7 Å². The molecule has 18 atom stereocenters. The number of rotatable bonds is 12. The fourth-order valence-corrected chi connectivity index (χ4v) is 21.0. The molecule has 3 aromatic carbocycles. The molecule has 6 fully saturated rings. The molecule has 6 heterocycles. The highest BCUT2D eigenvalue weighted by molar-refractivity contribution is 6.33. The molecule has 6 aromatic rings. The SMILES string of the molecule is C=C1O[C@H](c2ccoc2)C[C@]2(C)[C@H]3C(=O)C(OC(=O)c4ccc(Cl)cc4)=C[C@@H](C(=O)OC)[C@]3(C)CC[C@@H]12.C=C1O[C@H](c2ccoc2)C[C@]2(C)[C@H]3C(=O)C(OC(=O)c4cccc(Cl)c4)=C[C@@H](C(=O)OC)[C@]3(C)CC[C@@H]12.C=C1O[C@H](c2ccoc2)C[C@]2(C)[C@H]3C(=O)C(OC(=O)c4ccccc4Cl)=C[C@@H](C(=O)OC)[C@]3(C)CC[C@@H]12. The molecule has 0 radical (unpaired) electrons. The number of furan rings is 3. The molecular weight excluding hydrogens is 1490 g/mol. The predicted molar refractivity (Wildman–Crippen MR) is 403 cm³/mol. The second-order valence-corrected chi connectivity index (χ2v) is 33.2. The topological polar surface area (TPSA) is 276 Å². The molecule has 21 nitrogen and oxygen atoms in total. The van der Waals surface area contributed by atoms with Gasteiger partial charge in [-0.1, -0.05) is 114 Å². The zero-order valence-corrected chi connectivity index (χ0v) is 65.2. The number of allylic oxidation sites excluding steroid dienone is 6. The highest BCUT2D eigenvalue weighted by Crippen LogP contribution is 2.70. The Kier molecular flexibility index (Phi) is 21.8. The molecular formula is C87H87Cl3O21. The molecule has 0 N–H and O–H groups in total. The lowest BCUT2D eigenvalue weighted by molar-refractivity contribution is -0.176. The number of carbonyl (C=O) groups is 9. The highest BCUT2D eigenvalue weighted by atomic mass is 35.5. The summed E-state index contributed by atoms with van der Waals surface area (Å²) in [5, 5.41) is 1.05. The van der Waals surface area contributed by atoms with Crippen LogP contribution < -0.4 is 0 Å². The van der Waals surface area contributed by atoms with E-state index in [-0.39, 0.29) is 92.4 Å². The van der Waals surface area contributed by atoms with Crippen LogP contribution in [0, 0.1) is 85.8 Å². The Hall–Kier alpha value is -9.96. The summed E-state index contributed by atoms with van der Waals surface area (Å²) in [4.78, 5) is 121. The second kappa shape index (κ2) is 30.6. The molecule has 15 rings (SSSR count). The van der Waals surface area contributed by atoms with Crippen molar-refractivity contribution in [3.63, 3.8) is 0 Å². The van der Waals surface area contributed by atoms with Crippen LogP contribution in [-0.2, 0) is 71.4 Å². The maximum atomic E-state index is 14.2. The molecule has 0 amide bonds. The first-order valence-electron chi connectivity index (χ1n) is 36.8. The third-order valence-corrected chi connectivity index (χ3v) is 26.6. The maximum absolute atomic E-state index is 14.2. The lowest BCUT2D eigenvalue weighted by Gasteiger charge is -2.60. The number of halogens is 3. The first kappa shape index (κ1) is 79.1. The fraction of sp³-hybridized carbons (Fsp3) is 0.414. The van der Waals surface area contributed by atoms with Crippen molar-refractivity contribution in [2.24, 2.45) is 85.8 Å². The van der Waals surface area contributed by atoms with Gasteiger partial charge in [-0.05, 0) is 181 Å². The Morgan fingerprint density at radius 3 is 1.10 bits per heavy atom. The van der Waals surface area contributed by atoms with Crippen LogP contribution >= 0.6 is 34.8 Å². The van der Waals surface area contributed by atoms with Crippen LogP contribution in [0.2, 0.25) is 15.1 Å². The molecule has 3 aliphatic heterocycles. The summed E-state index contributed by atoms with van der Waals surface area (Å²) < 4.78 is 66.9. The molecule has 111 heavy (non-hydrogen) atoms. The molecule has 24 heteroatoms. The molecule has 3 aromatic heterocycles. The first-order chi connectivity index (χ1) is 52.8. The molecule has 0 spiro atoms. The normalized spacial score (nSPS) is 32.9. The molecule has 9 aliphatic rings. The van der Waals surface area contributed by atoms with E-state index in [9.17, 15) is 43.2 Å². The van der Waals surface area contributed by atoms with E-state index < -0.39 is 104 Å². The van der Waals surface area contributed by atoms with Crippen molar-refractivity contribution in [3.8, 4) is 0 Å². The first-order valence-corrected chi connectivity index (χ1v) is 38.0. The highest BCUT2D eigenvalue weighted by Gasteiger charge is 2.69. The maximum Gasteiger partial charge on any atom is 0.345 e. The number of carbonyl (C=O) groups excluding carboxylic acids is 9. The predicted octanol–water partition coefficient (Wildman–Crippen LogP) is 18.2. The number of fused-ring (bicyclic) bond motifs is 9. The van der Waals surface area contributed by atoms with Crippen LogP contribution in [0.4, 0.5) is 0 Å². The van der Waals surface area contributed by atoms with Crippen molar-refractivity contribution in [3.05, 3.63) is 250 Å². The minimum absolute atomic E-state index is 0.109. The van der Waals surface area contributed by atoms with Crippen molar-refractivity contribution < 1.29 is 99.0 Å². The van der Waals surface area contributed by atoms with E-state index in [4.69, 9.17) is 90.7 Å². The van der Waals surface area contributed by atoms with Crippen molar-refractivity contribution in [2.45, 2.75) is 118 Å². The molecule has 6 aliphatic carbocycles. The summed E-state index contributed by atoms with van der Waals surface area (Å²) in [5.41, 5.74) is -1.01. The van der Waals surface area contributed by atoms with Gasteiger partial charge in [-0.25, -0.2) is 14.4 Å². The number of benzene rings is 3. The Labute approximate surface area is 657 Å². The van der Waals surface area contributed by atoms with E-state index in [1.807, 2.05) is 45.9 Å². The van der Waals surface area contributed by atoms with Crippen LogP contribution in [0.15, 0.2) is 214 Å². The summed E-state index contributed by atoms with van der Waals surface area (Å²) in [7, 11) is 3.96. The van der Waals surface area contributed by atoms with Crippen LogP contribution in [0.25, 0.3) is 0 Å².